The molecule has 0 unspecified atom stereocenters. The third-order valence-corrected chi connectivity index (χ3v) is 2.87. The summed E-state index contributed by atoms with van der Waals surface area (Å²) >= 11 is 5.87. The molecule has 0 amide bonds. The molecule has 0 aliphatic heterocycles. The van der Waals surface area contributed by atoms with E-state index < -0.39 is 17.4 Å². The summed E-state index contributed by atoms with van der Waals surface area (Å²) in [7, 11) is 0. The van der Waals surface area contributed by atoms with Crippen LogP contribution in [0.25, 0.3) is 0 Å². The topological polar surface area (TPSA) is 43.1 Å². The summed E-state index contributed by atoms with van der Waals surface area (Å²) in [5.74, 6) is -2.20. The molecule has 2 aromatic rings. The fourth-order valence-electron chi connectivity index (χ4n) is 1.54. The molecule has 2 N–H and O–H groups in total. The van der Waals surface area contributed by atoms with Crippen molar-refractivity contribution in [1.82, 2.24) is 0 Å². The molecule has 0 radical (unpaired) electrons. The summed E-state index contributed by atoms with van der Waals surface area (Å²) < 4.78 is 26.5. The van der Waals surface area contributed by atoms with Gasteiger partial charge in [-0.1, -0.05) is 17.7 Å². The number of rotatable bonds is 2. The number of carbonyl (C=O) groups is 1. The van der Waals surface area contributed by atoms with E-state index in [1.807, 2.05) is 0 Å². The van der Waals surface area contributed by atoms with Gasteiger partial charge in [0.05, 0.1) is 16.3 Å². The fourth-order valence-corrected chi connectivity index (χ4v) is 1.75. The van der Waals surface area contributed by atoms with Crippen LogP contribution in [0.2, 0.25) is 5.02 Å². The highest BCUT2D eigenvalue weighted by Gasteiger charge is 2.18. The monoisotopic (exact) mass is 267 g/mol. The van der Waals surface area contributed by atoms with Gasteiger partial charge in [-0.2, -0.15) is 0 Å². The van der Waals surface area contributed by atoms with Crippen molar-refractivity contribution in [3.63, 3.8) is 0 Å². The zero-order valence-corrected chi connectivity index (χ0v) is 9.84. The van der Waals surface area contributed by atoms with Gasteiger partial charge in [-0.05, 0) is 30.3 Å². The highest BCUT2D eigenvalue weighted by atomic mass is 35.5. The zero-order chi connectivity index (χ0) is 13.3. The van der Waals surface area contributed by atoms with E-state index >= 15 is 0 Å². The van der Waals surface area contributed by atoms with Gasteiger partial charge in [0.25, 0.3) is 0 Å². The molecule has 0 atom stereocenters. The number of carbonyl (C=O) groups excluding carboxylic acids is 1. The van der Waals surface area contributed by atoms with Crippen molar-refractivity contribution in [2.75, 3.05) is 5.73 Å². The molecule has 0 saturated carbocycles. The van der Waals surface area contributed by atoms with Crippen LogP contribution in [-0.2, 0) is 0 Å². The number of nitrogens with two attached hydrogens (primary N) is 1. The summed E-state index contributed by atoms with van der Waals surface area (Å²) in [6.45, 7) is 0. The molecule has 92 valence electrons. The summed E-state index contributed by atoms with van der Waals surface area (Å²) in [5, 5.41) is 0.0335. The molecule has 0 aliphatic carbocycles. The van der Waals surface area contributed by atoms with E-state index in [0.717, 1.165) is 18.2 Å². The summed E-state index contributed by atoms with van der Waals surface area (Å²) in [5.41, 5.74) is 5.43. The smallest absolute Gasteiger partial charge is 0.197 e. The van der Waals surface area contributed by atoms with E-state index in [1.165, 1.54) is 18.2 Å². The standard InChI is InChI=1S/C13H8ClF2NO/c14-12-8(2-1-3-11(12)17)13(18)9-6-7(15)4-5-10(9)16/h1-6H,17H2. The van der Waals surface area contributed by atoms with E-state index in [0.29, 0.717) is 0 Å². The lowest BCUT2D eigenvalue weighted by Crippen LogP contribution is -2.06. The van der Waals surface area contributed by atoms with Crippen LogP contribution < -0.4 is 5.73 Å². The Balaban J connectivity index is 2.55. The maximum atomic E-state index is 13.5. The lowest BCUT2D eigenvalue weighted by Gasteiger charge is -2.06. The SMILES string of the molecule is Nc1cccc(C(=O)c2cc(F)ccc2F)c1Cl. The van der Waals surface area contributed by atoms with Crippen molar-refractivity contribution >= 4 is 23.1 Å². The largest absolute Gasteiger partial charge is 0.398 e. The summed E-state index contributed by atoms with van der Waals surface area (Å²) in [4.78, 5) is 12.0. The van der Waals surface area contributed by atoms with Crippen LogP contribution in [-0.4, -0.2) is 5.78 Å². The van der Waals surface area contributed by atoms with Crippen molar-refractivity contribution in [2.24, 2.45) is 0 Å². The van der Waals surface area contributed by atoms with Crippen LogP contribution >= 0.6 is 11.6 Å². The Morgan fingerprint density at radius 3 is 2.56 bits per heavy atom. The molecule has 0 fully saturated rings. The van der Waals surface area contributed by atoms with E-state index in [2.05, 4.69) is 0 Å². The molecule has 0 bridgehead atoms. The number of hydrogen-bond donors (Lipinski definition) is 1. The second kappa shape index (κ2) is 4.74. The van der Waals surface area contributed by atoms with Gasteiger partial charge >= 0.3 is 0 Å². The predicted molar refractivity (Wildman–Crippen MR) is 65.7 cm³/mol. The van der Waals surface area contributed by atoms with Crippen LogP contribution in [0.3, 0.4) is 0 Å². The number of ketones is 1. The summed E-state index contributed by atoms with van der Waals surface area (Å²) in [6.07, 6.45) is 0. The first-order valence-corrected chi connectivity index (χ1v) is 5.42. The minimum Gasteiger partial charge on any atom is -0.398 e. The Bertz CT molecular complexity index is 624. The molecular formula is C13H8ClF2NO. The van der Waals surface area contributed by atoms with Gasteiger partial charge in [-0.15, -0.1) is 0 Å². The van der Waals surface area contributed by atoms with Gasteiger partial charge < -0.3 is 5.73 Å². The van der Waals surface area contributed by atoms with Gasteiger partial charge in [-0.25, -0.2) is 8.78 Å². The molecule has 2 rings (SSSR count). The molecule has 0 aromatic heterocycles. The normalized spacial score (nSPS) is 10.4. The molecule has 0 spiro atoms. The highest BCUT2D eigenvalue weighted by Crippen LogP contribution is 2.26. The predicted octanol–water partition coefficient (Wildman–Crippen LogP) is 3.43. The van der Waals surface area contributed by atoms with Crippen molar-refractivity contribution in [1.29, 1.82) is 0 Å². The maximum absolute atomic E-state index is 13.5. The third-order valence-electron chi connectivity index (χ3n) is 2.45. The first kappa shape index (κ1) is 12.5. The summed E-state index contributed by atoms with van der Waals surface area (Å²) in [6, 6.07) is 7.10. The molecule has 5 heteroatoms. The second-order valence-electron chi connectivity index (χ2n) is 3.66. The Morgan fingerprint density at radius 1 is 1.11 bits per heavy atom. The van der Waals surface area contributed by atoms with E-state index in [1.54, 1.807) is 0 Å². The maximum Gasteiger partial charge on any atom is 0.197 e. The zero-order valence-electron chi connectivity index (χ0n) is 9.08. The number of nitrogen functional groups attached to an aromatic ring is 1. The van der Waals surface area contributed by atoms with Crippen molar-refractivity contribution in [2.45, 2.75) is 0 Å². The first-order valence-electron chi connectivity index (χ1n) is 5.04. The average Bonchev–Trinajstić information content (AvgIpc) is 2.35. The average molecular weight is 268 g/mol. The van der Waals surface area contributed by atoms with Crippen LogP contribution in [0.4, 0.5) is 14.5 Å². The van der Waals surface area contributed by atoms with Gasteiger partial charge in [0.2, 0.25) is 0 Å². The number of benzene rings is 2. The minimum absolute atomic E-state index is 0.0335. The van der Waals surface area contributed by atoms with Gasteiger partial charge in [0.1, 0.15) is 11.6 Å². The Hall–Kier alpha value is -1.94. The first-order chi connectivity index (χ1) is 8.50. The molecule has 2 nitrogen and oxygen atoms in total. The quantitative estimate of drug-likeness (QED) is 0.669. The number of halogens is 3. The van der Waals surface area contributed by atoms with Crippen molar-refractivity contribution in [3.05, 3.63) is 64.2 Å². The van der Waals surface area contributed by atoms with E-state index in [-0.39, 0.29) is 21.8 Å². The van der Waals surface area contributed by atoms with Crippen molar-refractivity contribution in [3.8, 4) is 0 Å². The van der Waals surface area contributed by atoms with E-state index in [9.17, 15) is 13.6 Å². The number of anilines is 1. The van der Waals surface area contributed by atoms with Crippen LogP contribution in [0.5, 0.6) is 0 Å². The molecule has 0 heterocycles. The minimum atomic E-state index is -0.806. The van der Waals surface area contributed by atoms with Gasteiger partial charge in [0, 0.05) is 5.56 Å². The van der Waals surface area contributed by atoms with Crippen LogP contribution in [0, 0.1) is 11.6 Å². The van der Waals surface area contributed by atoms with Crippen LogP contribution in [0.15, 0.2) is 36.4 Å². The third kappa shape index (κ3) is 2.19. The molecule has 0 saturated heterocycles. The lowest BCUT2D eigenvalue weighted by atomic mass is 10.0. The Kier molecular flexibility index (Phi) is 3.30. The lowest BCUT2D eigenvalue weighted by molar-refractivity contribution is 0.103. The molecule has 18 heavy (non-hydrogen) atoms. The Labute approximate surface area is 107 Å². The Morgan fingerprint density at radius 2 is 1.83 bits per heavy atom. The van der Waals surface area contributed by atoms with Crippen LogP contribution in [0.1, 0.15) is 15.9 Å². The fraction of sp³-hybridized carbons (Fsp3) is 0. The van der Waals surface area contributed by atoms with Crippen molar-refractivity contribution < 1.29 is 13.6 Å². The second-order valence-corrected chi connectivity index (χ2v) is 4.04. The van der Waals surface area contributed by atoms with E-state index in [4.69, 9.17) is 17.3 Å². The molecular weight excluding hydrogens is 260 g/mol. The number of hydrogen-bond acceptors (Lipinski definition) is 2. The van der Waals surface area contributed by atoms with Gasteiger partial charge in [-0.3, -0.25) is 4.79 Å². The van der Waals surface area contributed by atoms with Gasteiger partial charge in [0.15, 0.2) is 5.78 Å². The highest BCUT2D eigenvalue weighted by molar-refractivity contribution is 6.37. The molecule has 0 aliphatic rings. The molecule has 2 aromatic carbocycles.